The lowest BCUT2D eigenvalue weighted by atomic mass is 9.89. The molecular weight excluding hydrogens is 329 g/mol. The number of carbonyl (C=O) groups is 1. The molecule has 25 heavy (non-hydrogen) atoms. The van der Waals surface area contributed by atoms with Crippen molar-refractivity contribution in [2.24, 2.45) is 5.92 Å². The van der Waals surface area contributed by atoms with Crippen molar-refractivity contribution in [3.8, 4) is 0 Å². The van der Waals surface area contributed by atoms with Crippen LogP contribution in [0.5, 0.6) is 0 Å². The van der Waals surface area contributed by atoms with Crippen molar-refractivity contribution in [1.29, 1.82) is 0 Å². The first-order valence-corrected chi connectivity index (χ1v) is 8.19. The highest BCUT2D eigenvalue weighted by atomic mass is 19.2. The molecule has 0 atom stereocenters. The zero-order valence-corrected chi connectivity index (χ0v) is 13.9. The van der Waals surface area contributed by atoms with Gasteiger partial charge in [-0.15, -0.1) is 0 Å². The summed E-state index contributed by atoms with van der Waals surface area (Å²) in [5.41, 5.74) is 0.800. The molecular formula is C19H19F3N2O. The number of anilines is 2. The van der Waals surface area contributed by atoms with Crippen LogP contribution in [0.4, 0.5) is 24.5 Å². The fourth-order valence-electron chi connectivity index (χ4n) is 3.03. The number of likely N-dealkylation sites (tertiary alicyclic amines) is 1. The molecule has 1 saturated heterocycles. The first-order valence-electron chi connectivity index (χ1n) is 8.19. The van der Waals surface area contributed by atoms with Gasteiger partial charge in [-0.25, -0.2) is 13.2 Å². The minimum absolute atomic E-state index is 0.0218. The molecule has 0 aromatic heterocycles. The molecule has 1 N–H and O–H groups in total. The summed E-state index contributed by atoms with van der Waals surface area (Å²) in [7, 11) is 2.03. The molecule has 0 spiro atoms. The first-order chi connectivity index (χ1) is 12.0. The quantitative estimate of drug-likeness (QED) is 0.658. The fraction of sp³-hybridized carbons (Fsp3) is 0.316. The molecule has 1 aliphatic heterocycles. The van der Waals surface area contributed by atoms with Crippen molar-refractivity contribution >= 4 is 17.2 Å². The second kappa shape index (κ2) is 7.27. The van der Waals surface area contributed by atoms with E-state index < -0.39 is 17.5 Å². The summed E-state index contributed by atoms with van der Waals surface area (Å²) in [5, 5.41) is 2.70. The van der Waals surface area contributed by atoms with E-state index in [-0.39, 0.29) is 17.4 Å². The maximum atomic E-state index is 13.8. The summed E-state index contributed by atoms with van der Waals surface area (Å²) in [5.74, 6) is -4.01. The van der Waals surface area contributed by atoms with Crippen LogP contribution in [0, 0.1) is 23.4 Å². The van der Waals surface area contributed by atoms with Gasteiger partial charge in [0.25, 0.3) is 0 Å². The van der Waals surface area contributed by atoms with E-state index >= 15 is 0 Å². The van der Waals surface area contributed by atoms with Gasteiger partial charge in [-0.05, 0) is 57.2 Å². The Morgan fingerprint density at radius 2 is 1.80 bits per heavy atom. The molecule has 6 heteroatoms. The zero-order valence-electron chi connectivity index (χ0n) is 13.9. The number of Topliss-reactive ketones (excluding diaryl/α,β-unsaturated/α-hetero) is 1. The van der Waals surface area contributed by atoms with Gasteiger partial charge in [0, 0.05) is 17.2 Å². The third kappa shape index (κ3) is 3.85. The largest absolute Gasteiger partial charge is 0.353 e. The van der Waals surface area contributed by atoms with Crippen LogP contribution in [-0.4, -0.2) is 30.8 Å². The predicted octanol–water partition coefficient (Wildman–Crippen LogP) is 4.37. The molecule has 0 amide bonds. The van der Waals surface area contributed by atoms with E-state index in [0.29, 0.717) is 11.3 Å². The maximum Gasteiger partial charge on any atom is 0.196 e. The molecule has 3 rings (SSSR count). The van der Waals surface area contributed by atoms with Gasteiger partial charge in [-0.3, -0.25) is 4.79 Å². The van der Waals surface area contributed by atoms with Crippen LogP contribution in [0.2, 0.25) is 0 Å². The monoisotopic (exact) mass is 348 g/mol. The molecule has 2 aromatic carbocycles. The fourth-order valence-corrected chi connectivity index (χ4v) is 3.03. The van der Waals surface area contributed by atoms with E-state index in [1.165, 1.54) is 0 Å². The van der Waals surface area contributed by atoms with Crippen molar-refractivity contribution in [3.63, 3.8) is 0 Å². The summed E-state index contributed by atoms with van der Waals surface area (Å²) in [4.78, 5) is 14.8. The third-order valence-corrected chi connectivity index (χ3v) is 4.55. The van der Waals surface area contributed by atoms with Crippen LogP contribution < -0.4 is 5.32 Å². The Bertz CT molecular complexity index is 786. The highest BCUT2D eigenvalue weighted by molar-refractivity contribution is 5.98. The Morgan fingerprint density at radius 3 is 2.52 bits per heavy atom. The number of ketones is 1. The summed E-state index contributed by atoms with van der Waals surface area (Å²) >= 11 is 0. The average Bonchev–Trinajstić information content (AvgIpc) is 2.62. The Labute approximate surface area is 144 Å². The van der Waals surface area contributed by atoms with E-state index in [1.54, 1.807) is 24.3 Å². The molecule has 1 fully saturated rings. The number of carbonyl (C=O) groups excluding carboxylic acids is 1. The Balaban J connectivity index is 1.78. The van der Waals surface area contributed by atoms with Gasteiger partial charge in [0.1, 0.15) is 0 Å². The number of nitrogens with one attached hydrogen (secondary N) is 1. The van der Waals surface area contributed by atoms with Crippen LogP contribution in [0.25, 0.3) is 0 Å². The molecule has 0 unspecified atom stereocenters. The lowest BCUT2D eigenvalue weighted by molar-refractivity contribution is 0.0857. The van der Waals surface area contributed by atoms with Gasteiger partial charge in [-0.2, -0.15) is 0 Å². The highest BCUT2D eigenvalue weighted by Crippen LogP contribution is 2.26. The first kappa shape index (κ1) is 17.5. The van der Waals surface area contributed by atoms with Crippen molar-refractivity contribution in [2.45, 2.75) is 12.8 Å². The van der Waals surface area contributed by atoms with Gasteiger partial charge < -0.3 is 10.2 Å². The number of benzene rings is 2. The highest BCUT2D eigenvalue weighted by Gasteiger charge is 2.24. The number of hydrogen-bond acceptors (Lipinski definition) is 3. The number of piperidine rings is 1. The molecule has 1 heterocycles. The molecule has 132 valence electrons. The standard InChI is InChI=1S/C19H19F3N2O/c1-24-9-7-12(8-10-24)19(25)13-3-2-4-14(11-13)23-16-6-5-15(20)17(21)18(16)22/h2-6,11-12,23H,7-10H2,1H3. The van der Waals surface area contributed by atoms with Crippen molar-refractivity contribution in [2.75, 3.05) is 25.5 Å². The number of nitrogens with zero attached hydrogens (tertiary/aromatic N) is 1. The lowest BCUT2D eigenvalue weighted by Gasteiger charge is -2.28. The maximum absolute atomic E-state index is 13.8. The SMILES string of the molecule is CN1CCC(C(=O)c2cccc(Nc3ccc(F)c(F)c3F)c2)CC1. The summed E-state index contributed by atoms with van der Waals surface area (Å²) < 4.78 is 40.1. The molecule has 3 nitrogen and oxygen atoms in total. The predicted molar refractivity (Wildman–Crippen MR) is 90.6 cm³/mol. The second-order valence-corrected chi connectivity index (χ2v) is 6.37. The van der Waals surface area contributed by atoms with E-state index in [9.17, 15) is 18.0 Å². The Kier molecular flexibility index (Phi) is 5.08. The minimum atomic E-state index is -1.52. The van der Waals surface area contributed by atoms with Gasteiger partial charge in [0.05, 0.1) is 5.69 Å². The van der Waals surface area contributed by atoms with E-state index in [4.69, 9.17) is 0 Å². The normalized spacial score (nSPS) is 16.0. The van der Waals surface area contributed by atoms with Gasteiger partial charge in [0.2, 0.25) is 0 Å². The molecule has 0 aliphatic carbocycles. The van der Waals surface area contributed by atoms with E-state index in [0.717, 1.165) is 38.1 Å². The third-order valence-electron chi connectivity index (χ3n) is 4.55. The van der Waals surface area contributed by atoms with E-state index in [2.05, 4.69) is 10.2 Å². The van der Waals surface area contributed by atoms with Crippen LogP contribution in [-0.2, 0) is 0 Å². The Hall–Kier alpha value is -2.34. The topological polar surface area (TPSA) is 32.3 Å². The van der Waals surface area contributed by atoms with Crippen molar-refractivity contribution in [1.82, 2.24) is 4.90 Å². The van der Waals surface area contributed by atoms with E-state index in [1.807, 2.05) is 7.05 Å². The van der Waals surface area contributed by atoms with Gasteiger partial charge in [-0.1, -0.05) is 12.1 Å². The summed E-state index contributed by atoms with van der Waals surface area (Å²) in [6.07, 6.45) is 1.62. The zero-order chi connectivity index (χ0) is 18.0. The van der Waals surface area contributed by atoms with Crippen LogP contribution in [0.1, 0.15) is 23.2 Å². The molecule has 2 aromatic rings. The minimum Gasteiger partial charge on any atom is -0.353 e. The molecule has 0 radical (unpaired) electrons. The van der Waals surface area contributed by atoms with Gasteiger partial charge >= 0.3 is 0 Å². The number of halogens is 3. The second-order valence-electron chi connectivity index (χ2n) is 6.37. The van der Waals surface area contributed by atoms with Crippen LogP contribution >= 0.6 is 0 Å². The molecule has 0 bridgehead atoms. The summed E-state index contributed by atoms with van der Waals surface area (Å²) in [6.45, 7) is 1.77. The average molecular weight is 348 g/mol. The molecule has 0 saturated carbocycles. The summed E-state index contributed by atoms with van der Waals surface area (Å²) in [6, 6.07) is 8.64. The van der Waals surface area contributed by atoms with Crippen LogP contribution in [0.15, 0.2) is 36.4 Å². The van der Waals surface area contributed by atoms with Crippen molar-refractivity contribution in [3.05, 3.63) is 59.4 Å². The Morgan fingerprint density at radius 1 is 1.08 bits per heavy atom. The number of hydrogen-bond donors (Lipinski definition) is 1. The molecule has 1 aliphatic rings. The lowest BCUT2D eigenvalue weighted by Crippen LogP contribution is -2.33. The van der Waals surface area contributed by atoms with Gasteiger partial charge in [0.15, 0.2) is 23.2 Å². The smallest absolute Gasteiger partial charge is 0.196 e. The van der Waals surface area contributed by atoms with Crippen molar-refractivity contribution < 1.29 is 18.0 Å². The van der Waals surface area contributed by atoms with Crippen LogP contribution in [0.3, 0.4) is 0 Å². The number of rotatable bonds is 4.